The third-order valence-corrected chi connectivity index (χ3v) is 13.5. The Bertz CT molecular complexity index is 3700. The Kier molecular flexibility index (Phi) is 11.9. The van der Waals surface area contributed by atoms with Crippen molar-refractivity contribution in [2.24, 2.45) is 0 Å². The average Bonchev–Trinajstić information content (AvgIpc) is 4.09. The molecule has 0 aliphatic carbocycles. The molecule has 8 aromatic carbocycles. The van der Waals surface area contributed by atoms with Gasteiger partial charge in [0, 0.05) is 66.0 Å². The number of fused-ring (bicyclic) bond motifs is 14. The predicted molar refractivity (Wildman–Crippen MR) is 280 cm³/mol. The van der Waals surface area contributed by atoms with Crippen LogP contribution in [0.3, 0.4) is 0 Å². The van der Waals surface area contributed by atoms with E-state index in [0.717, 1.165) is 119 Å². The molecule has 4 aromatic heterocycles. The van der Waals surface area contributed by atoms with Gasteiger partial charge in [0.15, 0.2) is 0 Å². The quantitative estimate of drug-likeness (QED) is 0.161. The molecule has 0 spiro atoms. The molecule has 0 saturated carbocycles. The molecule has 0 amide bonds. The third kappa shape index (κ3) is 7.87. The molecule has 3 radical (unpaired) electrons. The summed E-state index contributed by atoms with van der Waals surface area (Å²) in [5, 5.41) is 10.3. The Morgan fingerprint density at radius 2 is 0.788 bits per heavy atom. The van der Waals surface area contributed by atoms with Crippen molar-refractivity contribution in [3.63, 3.8) is 0 Å². The highest BCUT2D eigenvalue weighted by Crippen LogP contribution is 2.43. The molecule has 11 heteroatoms. The zero-order chi connectivity index (χ0) is 43.9. The fraction of sp³-hybridized carbons (Fsp3) is 0.127. The second kappa shape index (κ2) is 17.4. The van der Waals surface area contributed by atoms with Gasteiger partial charge in [0.2, 0.25) is 0 Å². The molecule has 1 aliphatic heterocycles. The molecule has 5 heterocycles. The summed E-state index contributed by atoms with van der Waals surface area (Å²) in [6.45, 7) is 8.25. The van der Waals surface area contributed by atoms with Gasteiger partial charge >= 0.3 is 7.12 Å². The maximum Gasteiger partial charge on any atom is 0.494 e. The summed E-state index contributed by atoms with van der Waals surface area (Å²) in [6, 6.07) is 52.1. The van der Waals surface area contributed by atoms with Crippen molar-refractivity contribution in [3.05, 3.63) is 172 Å². The maximum absolute atomic E-state index is 6.23. The topological polar surface area (TPSA) is 71.0 Å². The van der Waals surface area contributed by atoms with Crippen molar-refractivity contribution >= 4 is 148 Å². The molecule has 0 N–H and O–H groups in total. The number of halogens is 3. The fourth-order valence-corrected chi connectivity index (χ4v) is 9.07. The number of para-hydroxylation sites is 2. The van der Waals surface area contributed by atoms with E-state index in [4.69, 9.17) is 50.2 Å². The molecule has 0 unspecified atom stereocenters. The Morgan fingerprint density at radius 1 is 0.409 bits per heavy atom. The normalized spacial score (nSPS) is 14.1. The van der Waals surface area contributed by atoms with Crippen molar-refractivity contribution in [3.8, 4) is 11.1 Å². The van der Waals surface area contributed by atoms with Gasteiger partial charge in [0.05, 0.1) is 11.2 Å². The summed E-state index contributed by atoms with van der Waals surface area (Å²) in [6.07, 6.45) is 0. The van der Waals surface area contributed by atoms with Crippen molar-refractivity contribution in [2.45, 2.75) is 46.3 Å². The van der Waals surface area contributed by atoms with Crippen LogP contribution >= 0.6 is 39.1 Å². The first-order valence-electron chi connectivity index (χ1n) is 21.0. The molecular weight excluding hydrogens is 929 g/mol. The minimum absolute atomic E-state index is 0. The van der Waals surface area contributed by atoms with Gasteiger partial charge < -0.3 is 27.0 Å². The lowest BCUT2D eigenvalue weighted by Gasteiger charge is -2.32. The smallest absolute Gasteiger partial charge is 0.456 e. The number of rotatable bonds is 2. The van der Waals surface area contributed by atoms with Crippen molar-refractivity contribution in [2.75, 3.05) is 0 Å². The first-order valence-corrected chi connectivity index (χ1v) is 22.5. The van der Waals surface area contributed by atoms with E-state index in [-0.39, 0.29) is 27.0 Å². The van der Waals surface area contributed by atoms with E-state index in [2.05, 4.69) is 86.1 Å². The second-order valence-electron chi connectivity index (χ2n) is 17.0. The van der Waals surface area contributed by atoms with Crippen molar-refractivity contribution < 1.29 is 27.0 Å². The molecule has 0 atom stereocenters. The monoisotopic (exact) mass is 969 g/mol. The summed E-state index contributed by atoms with van der Waals surface area (Å²) < 4.78 is 38.0. The number of benzene rings is 8. The standard InChI is InChI=1S/C24H21BO4.C24H13ClO2.C6H4BrCl.CH4.B/c1-23(2)24(3,4)29-25(28-23)14-9-10-16-20(13-14)27-19-12-11-18-21(22(16)19)15-7-5-6-8-17(15)26-18;25-16-8-5-14(6-9-16)15-7-10-18-22(13-15)27-21-12-11-20-23(24(18)21)17-3-1-2-4-19(17)26-20;7-5-1-3-6(8)4-2-5;;/h5-13H,1-4H3;1-13H;1-4H;1H4;. The van der Waals surface area contributed by atoms with Crippen molar-refractivity contribution in [1.29, 1.82) is 0 Å². The molecule has 66 heavy (non-hydrogen) atoms. The maximum atomic E-state index is 6.23. The summed E-state index contributed by atoms with van der Waals surface area (Å²) >= 11 is 14.9. The van der Waals surface area contributed by atoms with Crippen LogP contribution in [0.2, 0.25) is 10.0 Å². The van der Waals surface area contributed by atoms with Crippen LogP contribution < -0.4 is 5.46 Å². The predicted octanol–water partition coefficient (Wildman–Crippen LogP) is 16.9. The van der Waals surface area contributed by atoms with E-state index in [0.29, 0.717) is 0 Å². The minimum Gasteiger partial charge on any atom is -0.456 e. The fourth-order valence-electron chi connectivity index (χ4n) is 8.56. The Balaban J connectivity index is 0.000000139. The lowest BCUT2D eigenvalue weighted by Crippen LogP contribution is -2.41. The van der Waals surface area contributed by atoms with E-state index < -0.39 is 7.12 Å². The van der Waals surface area contributed by atoms with Gasteiger partial charge in [0.25, 0.3) is 0 Å². The highest BCUT2D eigenvalue weighted by Gasteiger charge is 2.51. The van der Waals surface area contributed by atoms with Crippen LogP contribution in [-0.4, -0.2) is 26.7 Å². The highest BCUT2D eigenvalue weighted by atomic mass is 79.9. The highest BCUT2D eigenvalue weighted by molar-refractivity contribution is 9.10. The Labute approximate surface area is 402 Å². The van der Waals surface area contributed by atoms with Gasteiger partial charge in [-0.05, 0) is 135 Å². The van der Waals surface area contributed by atoms with E-state index in [1.165, 1.54) is 0 Å². The van der Waals surface area contributed by atoms with Crippen LogP contribution in [0.5, 0.6) is 0 Å². The van der Waals surface area contributed by atoms with Crippen molar-refractivity contribution in [1.82, 2.24) is 0 Å². The Morgan fingerprint density at radius 3 is 1.26 bits per heavy atom. The molecule has 1 aliphatic rings. The van der Waals surface area contributed by atoms with Gasteiger partial charge in [-0.15, -0.1) is 0 Å². The van der Waals surface area contributed by atoms with Gasteiger partial charge in [-0.25, -0.2) is 0 Å². The average molecular weight is 971 g/mol. The number of hydrogen-bond acceptors (Lipinski definition) is 6. The molecule has 325 valence electrons. The van der Waals surface area contributed by atoms with E-state index in [9.17, 15) is 0 Å². The van der Waals surface area contributed by atoms with Gasteiger partial charge in [-0.3, -0.25) is 0 Å². The van der Waals surface area contributed by atoms with Crippen LogP contribution in [0.1, 0.15) is 35.1 Å². The molecule has 13 rings (SSSR count). The second-order valence-corrected chi connectivity index (χ2v) is 18.8. The van der Waals surface area contributed by atoms with E-state index in [1.807, 2.05) is 115 Å². The molecule has 6 nitrogen and oxygen atoms in total. The van der Waals surface area contributed by atoms with Gasteiger partial charge in [0.1, 0.15) is 44.7 Å². The zero-order valence-electron chi connectivity index (χ0n) is 35.7. The summed E-state index contributed by atoms with van der Waals surface area (Å²) in [4.78, 5) is 0. The molecular formula is C55H42B2BrCl2O6. The largest absolute Gasteiger partial charge is 0.494 e. The molecule has 1 fully saturated rings. The first kappa shape index (κ1) is 45.2. The molecule has 0 bridgehead atoms. The van der Waals surface area contributed by atoms with Gasteiger partial charge in [-0.1, -0.05) is 113 Å². The van der Waals surface area contributed by atoms with Crippen LogP contribution in [0.15, 0.2) is 180 Å². The molecule has 12 aromatic rings. The zero-order valence-corrected chi connectivity index (χ0v) is 38.8. The van der Waals surface area contributed by atoms with Crippen LogP contribution in [0.25, 0.3) is 98.9 Å². The van der Waals surface area contributed by atoms with E-state index in [1.54, 1.807) is 0 Å². The lowest BCUT2D eigenvalue weighted by atomic mass is 9.79. The first-order chi connectivity index (χ1) is 30.9. The molecule has 1 saturated heterocycles. The van der Waals surface area contributed by atoms with Gasteiger partial charge in [-0.2, -0.15) is 0 Å². The summed E-state index contributed by atoms with van der Waals surface area (Å²) in [5.74, 6) is 0. The van der Waals surface area contributed by atoms with Crippen LogP contribution in [0.4, 0.5) is 0 Å². The van der Waals surface area contributed by atoms with E-state index >= 15 is 0 Å². The van der Waals surface area contributed by atoms with Crippen LogP contribution in [0, 0.1) is 0 Å². The number of hydrogen-bond donors (Lipinski definition) is 0. The summed E-state index contributed by atoms with van der Waals surface area (Å²) in [7, 11) is -0.410. The SMILES string of the molecule is C.CC1(C)OB(c2ccc3c(c2)oc2ccc4oc5ccccc5c4c23)OC1(C)C.Clc1ccc(-c2ccc3c(c2)oc2ccc4oc5ccccc5c4c23)cc1.Clc1ccc(Br)cc1.[B]. The van der Waals surface area contributed by atoms with Crippen LogP contribution in [-0.2, 0) is 9.31 Å². The lowest BCUT2D eigenvalue weighted by molar-refractivity contribution is 0.00578. The third-order valence-electron chi connectivity index (χ3n) is 12.5. The summed E-state index contributed by atoms with van der Waals surface area (Å²) in [5.41, 5.74) is 9.39. The number of furan rings is 4. The minimum atomic E-state index is -0.410. The Hall–Kier alpha value is -5.93.